The summed E-state index contributed by atoms with van der Waals surface area (Å²) in [5, 5.41) is 4.58. The third-order valence-corrected chi connectivity index (χ3v) is 4.03. The number of hydrogen-bond donors (Lipinski definition) is 0. The van der Waals surface area contributed by atoms with E-state index >= 15 is 0 Å². The topological polar surface area (TPSA) is 65.2 Å². The van der Waals surface area contributed by atoms with Crippen molar-refractivity contribution in [2.24, 2.45) is 0 Å². The predicted octanol–water partition coefficient (Wildman–Crippen LogP) is 2.90. The minimum Gasteiger partial charge on any atom is -0.473 e. The van der Waals surface area contributed by atoms with Crippen molar-refractivity contribution < 1.29 is 4.74 Å². The van der Waals surface area contributed by atoms with Crippen molar-refractivity contribution in [3.63, 3.8) is 0 Å². The van der Waals surface area contributed by atoms with Crippen molar-refractivity contribution in [3.05, 3.63) is 37.1 Å². The van der Waals surface area contributed by atoms with Gasteiger partial charge in [0.05, 0.1) is 11.9 Å². The normalized spacial score (nSPS) is 16.0. The Labute approximate surface area is 128 Å². The quantitative estimate of drug-likeness (QED) is 0.743. The first kappa shape index (κ1) is 13.2. The van der Waals surface area contributed by atoms with Gasteiger partial charge in [-0.15, -0.1) is 5.10 Å². The average Bonchev–Trinajstić information content (AvgIpc) is 3.00. The standard InChI is InChI=1S/C16H17N5O/c1-2-4-13(5-3-1)22-16-7-6-15-19-10-14(21(15)20-16)12-8-17-11-18-9-12/h6-11,13H,1-5H2. The Morgan fingerprint density at radius 2 is 1.82 bits per heavy atom. The summed E-state index contributed by atoms with van der Waals surface area (Å²) in [7, 11) is 0. The summed E-state index contributed by atoms with van der Waals surface area (Å²) in [6, 6.07) is 3.82. The van der Waals surface area contributed by atoms with Gasteiger partial charge in [0, 0.05) is 24.0 Å². The average molecular weight is 295 g/mol. The molecule has 1 aliphatic carbocycles. The number of fused-ring (bicyclic) bond motifs is 1. The zero-order valence-corrected chi connectivity index (χ0v) is 12.2. The van der Waals surface area contributed by atoms with E-state index in [1.165, 1.54) is 25.6 Å². The molecule has 1 aliphatic rings. The lowest BCUT2D eigenvalue weighted by atomic mass is 9.98. The summed E-state index contributed by atoms with van der Waals surface area (Å²) < 4.78 is 7.82. The number of ether oxygens (including phenoxy) is 1. The molecule has 0 amide bonds. The Bertz CT molecular complexity index is 765. The molecule has 3 aromatic rings. The highest BCUT2D eigenvalue weighted by Gasteiger charge is 2.16. The maximum Gasteiger partial charge on any atom is 0.232 e. The second-order valence-corrected chi connectivity index (χ2v) is 5.59. The fourth-order valence-electron chi connectivity index (χ4n) is 2.90. The summed E-state index contributed by atoms with van der Waals surface area (Å²) in [5.41, 5.74) is 2.54. The van der Waals surface area contributed by atoms with Gasteiger partial charge in [-0.05, 0) is 31.7 Å². The van der Waals surface area contributed by atoms with Crippen molar-refractivity contribution in [1.29, 1.82) is 0 Å². The van der Waals surface area contributed by atoms with Crippen LogP contribution in [-0.4, -0.2) is 30.7 Å². The fraction of sp³-hybridized carbons (Fsp3) is 0.375. The molecule has 4 rings (SSSR count). The number of imidazole rings is 1. The molecule has 0 radical (unpaired) electrons. The van der Waals surface area contributed by atoms with Gasteiger partial charge in [0.2, 0.25) is 5.88 Å². The van der Waals surface area contributed by atoms with Crippen LogP contribution in [0.3, 0.4) is 0 Å². The Balaban J connectivity index is 1.67. The van der Waals surface area contributed by atoms with E-state index in [-0.39, 0.29) is 6.10 Å². The van der Waals surface area contributed by atoms with E-state index < -0.39 is 0 Å². The molecular weight excluding hydrogens is 278 g/mol. The molecule has 6 nitrogen and oxygen atoms in total. The zero-order chi connectivity index (χ0) is 14.8. The third kappa shape index (κ3) is 2.52. The zero-order valence-electron chi connectivity index (χ0n) is 12.2. The molecule has 22 heavy (non-hydrogen) atoms. The Hall–Kier alpha value is -2.50. The maximum absolute atomic E-state index is 6.03. The molecule has 0 bridgehead atoms. The molecule has 0 aromatic carbocycles. The van der Waals surface area contributed by atoms with Crippen LogP contribution in [0.4, 0.5) is 0 Å². The predicted molar refractivity (Wildman–Crippen MR) is 81.5 cm³/mol. The molecule has 1 saturated carbocycles. The summed E-state index contributed by atoms with van der Waals surface area (Å²) in [6.45, 7) is 0. The van der Waals surface area contributed by atoms with Crippen molar-refractivity contribution in [1.82, 2.24) is 24.6 Å². The SMILES string of the molecule is c1ncc(-c2cnc3ccc(OC4CCCCC4)nn23)cn1. The van der Waals surface area contributed by atoms with Crippen molar-refractivity contribution in [2.45, 2.75) is 38.2 Å². The van der Waals surface area contributed by atoms with Gasteiger partial charge in [0.15, 0.2) is 5.65 Å². The summed E-state index contributed by atoms with van der Waals surface area (Å²) in [6.07, 6.45) is 13.1. The number of aromatic nitrogens is 5. The lowest BCUT2D eigenvalue weighted by molar-refractivity contribution is 0.147. The molecule has 1 fully saturated rings. The molecule has 0 atom stereocenters. The smallest absolute Gasteiger partial charge is 0.232 e. The van der Waals surface area contributed by atoms with Crippen LogP contribution in [-0.2, 0) is 0 Å². The van der Waals surface area contributed by atoms with Gasteiger partial charge in [-0.3, -0.25) is 0 Å². The van der Waals surface area contributed by atoms with E-state index in [4.69, 9.17) is 4.74 Å². The fourth-order valence-corrected chi connectivity index (χ4v) is 2.90. The third-order valence-electron chi connectivity index (χ3n) is 4.03. The Morgan fingerprint density at radius 3 is 2.64 bits per heavy atom. The molecule has 6 heteroatoms. The minimum atomic E-state index is 0.283. The van der Waals surface area contributed by atoms with E-state index in [0.717, 1.165) is 29.7 Å². The van der Waals surface area contributed by atoms with E-state index in [1.54, 1.807) is 23.1 Å². The van der Waals surface area contributed by atoms with Gasteiger partial charge in [-0.2, -0.15) is 0 Å². The molecule has 0 spiro atoms. The monoisotopic (exact) mass is 295 g/mol. The Morgan fingerprint density at radius 1 is 1.00 bits per heavy atom. The Kier molecular flexibility index (Phi) is 3.42. The minimum absolute atomic E-state index is 0.283. The van der Waals surface area contributed by atoms with E-state index in [2.05, 4.69) is 20.1 Å². The van der Waals surface area contributed by atoms with Crippen LogP contribution in [0.2, 0.25) is 0 Å². The highest BCUT2D eigenvalue weighted by atomic mass is 16.5. The molecule has 0 saturated heterocycles. The van der Waals surface area contributed by atoms with E-state index in [0.29, 0.717) is 5.88 Å². The second-order valence-electron chi connectivity index (χ2n) is 5.59. The maximum atomic E-state index is 6.03. The van der Waals surface area contributed by atoms with Crippen LogP contribution >= 0.6 is 0 Å². The van der Waals surface area contributed by atoms with Gasteiger partial charge in [0.25, 0.3) is 0 Å². The first-order valence-electron chi connectivity index (χ1n) is 7.67. The van der Waals surface area contributed by atoms with Crippen LogP contribution < -0.4 is 4.74 Å². The van der Waals surface area contributed by atoms with Gasteiger partial charge >= 0.3 is 0 Å². The molecule has 112 valence electrons. The van der Waals surface area contributed by atoms with Crippen molar-refractivity contribution >= 4 is 5.65 Å². The van der Waals surface area contributed by atoms with Gasteiger partial charge in [-0.25, -0.2) is 19.5 Å². The van der Waals surface area contributed by atoms with Gasteiger partial charge in [-0.1, -0.05) is 6.42 Å². The second kappa shape index (κ2) is 5.71. The van der Waals surface area contributed by atoms with Crippen LogP contribution in [0, 0.1) is 0 Å². The van der Waals surface area contributed by atoms with Crippen LogP contribution in [0.1, 0.15) is 32.1 Å². The number of nitrogens with zero attached hydrogens (tertiary/aromatic N) is 5. The summed E-state index contributed by atoms with van der Waals surface area (Å²) in [5.74, 6) is 0.649. The number of hydrogen-bond acceptors (Lipinski definition) is 5. The lowest BCUT2D eigenvalue weighted by Gasteiger charge is -2.22. The molecule has 0 aliphatic heterocycles. The molecule has 0 N–H and O–H groups in total. The summed E-state index contributed by atoms with van der Waals surface area (Å²) >= 11 is 0. The van der Waals surface area contributed by atoms with Crippen molar-refractivity contribution in [2.75, 3.05) is 0 Å². The van der Waals surface area contributed by atoms with Crippen LogP contribution in [0.15, 0.2) is 37.1 Å². The largest absolute Gasteiger partial charge is 0.473 e. The molecular formula is C16H17N5O. The first-order valence-corrected chi connectivity index (χ1v) is 7.67. The lowest BCUT2D eigenvalue weighted by Crippen LogP contribution is -2.20. The van der Waals surface area contributed by atoms with Gasteiger partial charge in [0.1, 0.15) is 12.4 Å². The van der Waals surface area contributed by atoms with E-state index in [9.17, 15) is 0 Å². The number of rotatable bonds is 3. The summed E-state index contributed by atoms with van der Waals surface area (Å²) in [4.78, 5) is 12.5. The van der Waals surface area contributed by atoms with Crippen molar-refractivity contribution in [3.8, 4) is 17.1 Å². The van der Waals surface area contributed by atoms with Gasteiger partial charge < -0.3 is 4.74 Å². The van der Waals surface area contributed by atoms with E-state index in [1.807, 2.05) is 12.1 Å². The molecule has 3 heterocycles. The molecule has 3 aromatic heterocycles. The molecule has 0 unspecified atom stereocenters. The first-order chi connectivity index (χ1) is 10.9. The highest BCUT2D eigenvalue weighted by Crippen LogP contribution is 2.24. The van der Waals surface area contributed by atoms with Crippen LogP contribution in [0.25, 0.3) is 16.9 Å². The highest BCUT2D eigenvalue weighted by molar-refractivity contribution is 5.61. The van der Waals surface area contributed by atoms with Crippen LogP contribution in [0.5, 0.6) is 5.88 Å².